The van der Waals surface area contributed by atoms with Crippen molar-refractivity contribution in [2.45, 2.75) is 0 Å². The molecule has 0 aliphatic rings. The molecule has 0 saturated heterocycles. The Bertz CT molecular complexity index is 4150. The summed E-state index contributed by atoms with van der Waals surface area (Å²) >= 11 is 0. The maximum atomic E-state index is 5.48. The van der Waals surface area contributed by atoms with Crippen molar-refractivity contribution in [1.29, 1.82) is 0 Å². The molecule has 0 unspecified atom stereocenters. The zero-order chi connectivity index (χ0) is 39.4. The van der Waals surface area contributed by atoms with Gasteiger partial charge in [-0.2, -0.15) is 0 Å². The van der Waals surface area contributed by atoms with Gasteiger partial charge in [0.15, 0.2) is 0 Å². The minimum absolute atomic E-state index is 0.892. The first-order valence-corrected chi connectivity index (χ1v) is 20.4. The molecule has 0 N–H and O–H groups in total. The summed E-state index contributed by atoms with van der Waals surface area (Å²) in [4.78, 5) is 10.8. The third-order valence-corrected chi connectivity index (χ3v) is 13.0. The lowest BCUT2D eigenvalue weighted by molar-refractivity contribution is 1.01. The fourth-order valence-corrected chi connectivity index (χ4v) is 10.3. The average molecular weight is 771 g/mol. The largest absolute Gasteiger partial charge is 0.344 e. The summed E-state index contributed by atoms with van der Waals surface area (Å²) in [7, 11) is 4.30. The standard InChI is InChI=1S/C52H34N8/c1-55-40-19-8-7-18-36(40)38-29-47-39(30-46(38)55)53-51-57(33-14-4-3-5-15-33)44-25-23-32(28-48(44)60(47)51)31-13-12-16-34(27-31)58-42-21-10-11-22-43(42)59-45-26-24-37-35-17-6-9-20-41(35)56(2)50(37)49(45)54-52(58)59/h3-30H,1-2H3. The Hall–Kier alpha value is -8.10. The second-order valence-corrected chi connectivity index (χ2v) is 16.1. The van der Waals surface area contributed by atoms with Gasteiger partial charge < -0.3 is 9.13 Å². The Morgan fingerprint density at radius 3 is 1.80 bits per heavy atom. The van der Waals surface area contributed by atoms with Crippen LogP contribution in [0.15, 0.2) is 170 Å². The first-order valence-electron chi connectivity index (χ1n) is 20.4. The Labute approximate surface area is 341 Å². The predicted molar refractivity (Wildman–Crippen MR) is 246 cm³/mol. The highest BCUT2D eigenvalue weighted by Crippen LogP contribution is 2.39. The van der Waals surface area contributed by atoms with E-state index in [2.05, 4.69) is 211 Å². The molecule has 0 aliphatic heterocycles. The van der Waals surface area contributed by atoms with Gasteiger partial charge in [0.2, 0.25) is 11.6 Å². The summed E-state index contributed by atoms with van der Waals surface area (Å²) in [5.74, 6) is 1.78. The molecule has 8 aromatic carbocycles. The van der Waals surface area contributed by atoms with Crippen LogP contribution in [0.3, 0.4) is 0 Å². The number of imidazole rings is 4. The molecule has 0 bridgehead atoms. The number of rotatable bonds is 3. The molecule has 0 spiro atoms. The lowest BCUT2D eigenvalue weighted by Gasteiger charge is -2.09. The zero-order valence-corrected chi connectivity index (χ0v) is 32.7. The topological polar surface area (TPSA) is 54.3 Å². The van der Waals surface area contributed by atoms with Crippen LogP contribution in [0.5, 0.6) is 0 Å². The van der Waals surface area contributed by atoms with E-state index < -0.39 is 0 Å². The number of aromatic nitrogens is 8. The quantitative estimate of drug-likeness (QED) is 0.180. The average Bonchev–Trinajstić information content (AvgIpc) is 4.12. The molecule has 282 valence electrons. The summed E-state index contributed by atoms with van der Waals surface area (Å²) in [5, 5.41) is 4.94. The van der Waals surface area contributed by atoms with E-state index in [0.29, 0.717) is 0 Å². The van der Waals surface area contributed by atoms with Gasteiger partial charge in [-0.15, -0.1) is 0 Å². The molecule has 6 heterocycles. The van der Waals surface area contributed by atoms with E-state index >= 15 is 0 Å². The fourth-order valence-electron chi connectivity index (χ4n) is 10.3. The normalized spacial score (nSPS) is 12.5. The minimum Gasteiger partial charge on any atom is -0.344 e. The molecular weight excluding hydrogens is 737 g/mol. The van der Waals surface area contributed by atoms with Gasteiger partial charge in [-0.25, -0.2) is 9.97 Å². The minimum atomic E-state index is 0.892. The van der Waals surface area contributed by atoms with Crippen LogP contribution in [0.2, 0.25) is 0 Å². The van der Waals surface area contributed by atoms with Crippen molar-refractivity contribution in [3.8, 4) is 22.5 Å². The Kier molecular flexibility index (Phi) is 6.01. The van der Waals surface area contributed by atoms with Crippen molar-refractivity contribution in [3.63, 3.8) is 0 Å². The summed E-state index contributed by atoms with van der Waals surface area (Å²) in [6, 6.07) is 61.3. The summed E-state index contributed by atoms with van der Waals surface area (Å²) in [6.45, 7) is 0. The SMILES string of the molecule is Cn1c2ccccc2c2cc3c(cc21)nc1n(-c2ccccc2)c2ccc(-c4cccc(-n5c6ccccc6n6c7ccc8c9ccccc9n(C)c8c7nc56)c4)cc2n31. The van der Waals surface area contributed by atoms with Crippen LogP contribution in [0.25, 0.3) is 122 Å². The van der Waals surface area contributed by atoms with Crippen molar-refractivity contribution >= 4 is 99.3 Å². The van der Waals surface area contributed by atoms with E-state index in [-0.39, 0.29) is 0 Å². The van der Waals surface area contributed by atoms with Gasteiger partial charge in [-0.3, -0.25) is 17.9 Å². The van der Waals surface area contributed by atoms with E-state index in [1.807, 2.05) is 0 Å². The van der Waals surface area contributed by atoms with Crippen LogP contribution in [0, 0.1) is 0 Å². The van der Waals surface area contributed by atoms with Gasteiger partial charge in [0.25, 0.3) is 0 Å². The van der Waals surface area contributed by atoms with E-state index in [1.54, 1.807) is 0 Å². The third-order valence-electron chi connectivity index (χ3n) is 13.0. The smallest absolute Gasteiger partial charge is 0.220 e. The second-order valence-electron chi connectivity index (χ2n) is 16.1. The molecule has 0 saturated carbocycles. The Balaban J connectivity index is 1.01. The molecule has 60 heavy (non-hydrogen) atoms. The van der Waals surface area contributed by atoms with E-state index in [4.69, 9.17) is 9.97 Å². The molecule has 0 fully saturated rings. The van der Waals surface area contributed by atoms with Crippen molar-refractivity contribution in [2.75, 3.05) is 0 Å². The molecule has 8 heteroatoms. The van der Waals surface area contributed by atoms with Gasteiger partial charge in [0.1, 0.15) is 5.52 Å². The molecule has 0 amide bonds. The molecular formula is C52H34N8. The van der Waals surface area contributed by atoms with Crippen LogP contribution in [-0.4, -0.2) is 37.0 Å². The van der Waals surface area contributed by atoms with Gasteiger partial charge >= 0.3 is 0 Å². The number of hydrogen-bond donors (Lipinski definition) is 0. The first kappa shape index (κ1) is 31.9. The molecule has 0 aliphatic carbocycles. The van der Waals surface area contributed by atoms with Gasteiger partial charge in [0.05, 0.1) is 49.7 Å². The van der Waals surface area contributed by atoms with Gasteiger partial charge in [0, 0.05) is 58.0 Å². The highest BCUT2D eigenvalue weighted by molar-refractivity contribution is 6.17. The van der Waals surface area contributed by atoms with Gasteiger partial charge in [-0.1, -0.05) is 84.9 Å². The summed E-state index contributed by atoms with van der Waals surface area (Å²) in [6.07, 6.45) is 0. The van der Waals surface area contributed by atoms with E-state index in [1.165, 1.54) is 38.1 Å². The van der Waals surface area contributed by atoms with Crippen molar-refractivity contribution in [2.24, 2.45) is 14.1 Å². The highest BCUT2D eigenvalue weighted by atomic mass is 15.2. The molecule has 14 rings (SSSR count). The molecule has 8 nitrogen and oxygen atoms in total. The van der Waals surface area contributed by atoms with Gasteiger partial charge in [-0.05, 0) is 96.1 Å². The molecule has 6 aromatic heterocycles. The lowest BCUT2D eigenvalue weighted by atomic mass is 10.0. The first-order chi connectivity index (χ1) is 29.6. The van der Waals surface area contributed by atoms with Crippen molar-refractivity contribution < 1.29 is 0 Å². The third kappa shape index (κ3) is 3.99. The number of para-hydroxylation sites is 5. The number of nitrogens with zero attached hydrogens (tertiary/aromatic N) is 8. The molecule has 0 radical (unpaired) electrons. The van der Waals surface area contributed by atoms with Crippen LogP contribution >= 0.6 is 0 Å². The number of fused-ring (bicyclic) bond motifs is 17. The number of hydrogen-bond acceptors (Lipinski definition) is 2. The number of aryl methyl sites for hydroxylation is 2. The van der Waals surface area contributed by atoms with E-state index in [0.717, 1.165) is 83.7 Å². The fraction of sp³-hybridized carbons (Fsp3) is 0.0385. The van der Waals surface area contributed by atoms with E-state index in [9.17, 15) is 0 Å². The summed E-state index contributed by atoms with van der Waals surface area (Å²) in [5.41, 5.74) is 17.7. The number of benzene rings is 8. The second kappa shape index (κ2) is 11.3. The monoisotopic (exact) mass is 770 g/mol. The Morgan fingerprint density at radius 1 is 0.350 bits per heavy atom. The predicted octanol–water partition coefficient (Wildman–Crippen LogP) is 12.1. The molecule has 0 atom stereocenters. The lowest BCUT2D eigenvalue weighted by Crippen LogP contribution is -1.96. The molecule has 14 aromatic rings. The van der Waals surface area contributed by atoms with Crippen LogP contribution in [0.1, 0.15) is 0 Å². The maximum Gasteiger partial charge on any atom is 0.220 e. The van der Waals surface area contributed by atoms with Crippen LogP contribution < -0.4 is 0 Å². The van der Waals surface area contributed by atoms with Crippen LogP contribution in [-0.2, 0) is 14.1 Å². The Morgan fingerprint density at radius 2 is 0.967 bits per heavy atom. The van der Waals surface area contributed by atoms with Crippen LogP contribution in [0.4, 0.5) is 0 Å². The van der Waals surface area contributed by atoms with Crippen molar-refractivity contribution in [1.82, 2.24) is 37.0 Å². The zero-order valence-electron chi connectivity index (χ0n) is 32.7. The summed E-state index contributed by atoms with van der Waals surface area (Å²) < 4.78 is 13.8. The maximum absolute atomic E-state index is 5.48. The van der Waals surface area contributed by atoms with Crippen molar-refractivity contribution in [3.05, 3.63) is 170 Å². The highest BCUT2D eigenvalue weighted by Gasteiger charge is 2.23.